The van der Waals surface area contributed by atoms with Crippen molar-refractivity contribution in [2.24, 2.45) is 5.92 Å². The number of phenolic OH excluding ortho intramolecular Hbond substituents is 1. The second kappa shape index (κ2) is 4.34. The van der Waals surface area contributed by atoms with Gasteiger partial charge in [-0.1, -0.05) is 6.07 Å². The van der Waals surface area contributed by atoms with E-state index in [0.717, 1.165) is 18.2 Å². The minimum Gasteiger partial charge on any atom is -0.507 e. The Kier molecular flexibility index (Phi) is 3.06. The molecule has 3 heteroatoms. The molecule has 0 aliphatic heterocycles. The molecule has 0 bridgehead atoms. The second-order valence-electron chi connectivity index (χ2n) is 4.74. The normalized spacial score (nSPS) is 17.2. The number of rotatable bonds is 4. The molecule has 3 nitrogen and oxygen atoms in total. The van der Waals surface area contributed by atoms with Gasteiger partial charge in [-0.05, 0) is 31.7 Å². The van der Waals surface area contributed by atoms with Gasteiger partial charge in [0, 0.05) is 30.9 Å². The van der Waals surface area contributed by atoms with Gasteiger partial charge < -0.3 is 15.1 Å². The maximum Gasteiger partial charge on any atom is 0.123 e. The Bertz CT molecular complexity index is 372. The molecule has 1 aliphatic carbocycles. The van der Waals surface area contributed by atoms with Crippen LogP contribution in [0.3, 0.4) is 0 Å². The van der Waals surface area contributed by atoms with Crippen LogP contribution in [0, 0.1) is 5.92 Å². The highest BCUT2D eigenvalue weighted by molar-refractivity contribution is 5.53. The first-order valence-electron chi connectivity index (χ1n) is 5.80. The van der Waals surface area contributed by atoms with Crippen molar-refractivity contribution < 1.29 is 10.2 Å². The van der Waals surface area contributed by atoms with Crippen molar-refractivity contribution in [3.05, 3.63) is 23.8 Å². The molecule has 0 amide bonds. The number of aliphatic hydroxyl groups is 1. The molecular weight excluding hydrogens is 202 g/mol. The number of phenols is 1. The summed E-state index contributed by atoms with van der Waals surface area (Å²) in [6.07, 6.45) is 2.02. The van der Waals surface area contributed by atoms with E-state index in [0.29, 0.717) is 5.56 Å². The van der Waals surface area contributed by atoms with E-state index in [9.17, 15) is 10.2 Å². The van der Waals surface area contributed by atoms with Gasteiger partial charge in [-0.3, -0.25) is 0 Å². The minimum atomic E-state index is -0.622. The highest BCUT2D eigenvalue weighted by atomic mass is 16.3. The molecule has 0 heterocycles. The zero-order chi connectivity index (χ0) is 11.7. The van der Waals surface area contributed by atoms with Crippen molar-refractivity contribution in [1.29, 1.82) is 0 Å². The Labute approximate surface area is 96.3 Å². The van der Waals surface area contributed by atoms with E-state index in [-0.39, 0.29) is 5.75 Å². The summed E-state index contributed by atoms with van der Waals surface area (Å²) >= 11 is 0. The van der Waals surface area contributed by atoms with E-state index in [1.54, 1.807) is 19.1 Å². The number of nitrogens with zero attached hydrogens (tertiary/aromatic N) is 1. The Morgan fingerprint density at radius 1 is 1.44 bits per heavy atom. The van der Waals surface area contributed by atoms with E-state index < -0.39 is 6.10 Å². The lowest BCUT2D eigenvalue weighted by Gasteiger charge is -2.20. The third kappa shape index (κ3) is 2.47. The first kappa shape index (κ1) is 11.3. The molecule has 1 aromatic rings. The fourth-order valence-corrected chi connectivity index (χ4v) is 1.92. The van der Waals surface area contributed by atoms with Crippen LogP contribution in [-0.4, -0.2) is 23.8 Å². The summed E-state index contributed by atoms with van der Waals surface area (Å²) in [4.78, 5) is 2.16. The fourth-order valence-electron chi connectivity index (χ4n) is 1.92. The van der Waals surface area contributed by atoms with Gasteiger partial charge in [-0.15, -0.1) is 0 Å². The molecular formula is C13H19NO2. The Morgan fingerprint density at radius 2 is 2.12 bits per heavy atom. The smallest absolute Gasteiger partial charge is 0.123 e. The lowest BCUT2D eigenvalue weighted by atomic mass is 10.1. The number of aliphatic hydroxyl groups excluding tert-OH is 1. The average molecular weight is 221 g/mol. The Hall–Kier alpha value is -1.22. The summed E-state index contributed by atoms with van der Waals surface area (Å²) in [6.45, 7) is 2.70. The summed E-state index contributed by atoms with van der Waals surface area (Å²) in [6, 6.07) is 5.47. The summed E-state index contributed by atoms with van der Waals surface area (Å²) in [5.41, 5.74) is 1.59. The van der Waals surface area contributed by atoms with Gasteiger partial charge in [0.25, 0.3) is 0 Å². The second-order valence-corrected chi connectivity index (χ2v) is 4.74. The molecule has 0 aromatic heterocycles. The van der Waals surface area contributed by atoms with Gasteiger partial charge in [0.05, 0.1) is 6.10 Å². The zero-order valence-electron chi connectivity index (χ0n) is 9.85. The van der Waals surface area contributed by atoms with Gasteiger partial charge in [0.1, 0.15) is 5.75 Å². The summed E-state index contributed by atoms with van der Waals surface area (Å²) < 4.78 is 0. The van der Waals surface area contributed by atoms with Crippen molar-refractivity contribution in [1.82, 2.24) is 0 Å². The molecule has 0 radical (unpaired) electrons. The van der Waals surface area contributed by atoms with Crippen LogP contribution in [0.1, 0.15) is 31.4 Å². The summed E-state index contributed by atoms with van der Waals surface area (Å²) in [7, 11) is 2.04. The van der Waals surface area contributed by atoms with Crippen LogP contribution in [0.5, 0.6) is 5.75 Å². The highest BCUT2D eigenvalue weighted by Crippen LogP contribution is 2.33. The lowest BCUT2D eigenvalue weighted by molar-refractivity contribution is 0.195. The van der Waals surface area contributed by atoms with E-state index >= 15 is 0 Å². The van der Waals surface area contributed by atoms with Crippen LogP contribution in [0.2, 0.25) is 0 Å². The van der Waals surface area contributed by atoms with Crippen LogP contribution in [0.15, 0.2) is 18.2 Å². The molecule has 1 aliphatic rings. The highest BCUT2D eigenvalue weighted by Gasteiger charge is 2.23. The average Bonchev–Trinajstić information content (AvgIpc) is 3.00. The van der Waals surface area contributed by atoms with Crippen molar-refractivity contribution in [3.63, 3.8) is 0 Å². The summed E-state index contributed by atoms with van der Waals surface area (Å²) in [5.74, 6) is 0.999. The lowest BCUT2D eigenvalue weighted by Crippen LogP contribution is -2.19. The molecule has 1 atom stereocenters. The van der Waals surface area contributed by atoms with Crippen LogP contribution in [-0.2, 0) is 0 Å². The van der Waals surface area contributed by atoms with Gasteiger partial charge in [0.15, 0.2) is 0 Å². The molecule has 1 saturated carbocycles. The maximum atomic E-state index is 9.77. The predicted octanol–water partition coefficient (Wildman–Crippen LogP) is 2.29. The fraction of sp³-hybridized carbons (Fsp3) is 0.538. The number of anilines is 1. The van der Waals surface area contributed by atoms with E-state index in [1.807, 2.05) is 13.1 Å². The van der Waals surface area contributed by atoms with Crippen molar-refractivity contribution in [2.45, 2.75) is 25.9 Å². The maximum absolute atomic E-state index is 9.77. The van der Waals surface area contributed by atoms with Gasteiger partial charge in [-0.25, -0.2) is 0 Å². The van der Waals surface area contributed by atoms with Crippen molar-refractivity contribution in [2.75, 3.05) is 18.5 Å². The first-order valence-corrected chi connectivity index (χ1v) is 5.80. The molecule has 0 spiro atoms. The standard InChI is InChI=1S/C13H19NO2/c1-9(15)12-6-5-11(7-13(12)16)14(2)8-10-3-4-10/h5-7,9-10,15-16H,3-4,8H2,1-2H3. The number of benzene rings is 1. The van der Waals surface area contributed by atoms with E-state index in [2.05, 4.69) is 4.90 Å². The molecule has 2 rings (SSSR count). The van der Waals surface area contributed by atoms with Crippen molar-refractivity contribution in [3.8, 4) is 5.75 Å². The van der Waals surface area contributed by atoms with Gasteiger partial charge in [0.2, 0.25) is 0 Å². The first-order chi connectivity index (χ1) is 7.58. The number of hydrogen-bond donors (Lipinski definition) is 2. The molecule has 1 unspecified atom stereocenters. The van der Waals surface area contributed by atoms with E-state index in [4.69, 9.17) is 0 Å². The largest absolute Gasteiger partial charge is 0.507 e. The van der Waals surface area contributed by atoms with Gasteiger partial charge in [-0.2, -0.15) is 0 Å². The Morgan fingerprint density at radius 3 is 2.62 bits per heavy atom. The summed E-state index contributed by atoms with van der Waals surface area (Å²) in [5, 5.41) is 19.2. The van der Waals surface area contributed by atoms with Gasteiger partial charge >= 0.3 is 0 Å². The molecule has 0 saturated heterocycles. The van der Waals surface area contributed by atoms with Crippen LogP contribution >= 0.6 is 0 Å². The minimum absolute atomic E-state index is 0.176. The SMILES string of the molecule is CC(O)c1ccc(N(C)CC2CC2)cc1O. The predicted molar refractivity (Wildman–Crippen MR) is 64.7 cm³/mol. The van der Waals surface area contributed by atoms with Crippen molar-refractivity contribution >= 4 is 5.69 Å². The van der Waals surface area contributed by atoms with E-state index in [1.165, 1.54) is 12.8 Å². The van der Waals surface area contributed by atoms with Crippen LogP contribution in [0.25, 0.3) is 0 Å². The zero-order valence-corrected chi connectivity index (χ0v) is 9.85. The molecule has 16 heavy (non-hydrogen) atoms. The molecule has 2 N–H and O–H groups in total. The molecule has 1 aromatic carbocycles. The Balaban J connectivity index is 2.12. The quantitative estimate of drug-likeness (QED) is 0.820. The van der Waals surface area contributed by atoms with Crippen LogP contribution < -0.4 is 4.90 Å². The third-order valence-corrected chi connectivity index (χ3v) is 3.13. The molecule has 88 valence electrons. The number of aromatic hydroxyl groups is 1. The topological polar surface area (TPSA) is 43.7 Å². The van der Waals surface area contributed by atoms with Crippen LogP contribution in [0.4, 0.5) is 5.69 Å². The third-order valence-electron chi connectivity index (χ3n) is 3.13. The molecule has 1 fully saturated rings. The number of hydrogen-bond acceptors (Lipinski definition) is 3. The monoisotopic (exact) mass is 221 g/mol.